The van der Waals surface area contributed by atoms with Crippen molar-refractivity contribution in [2.45, 2.75) is 53.2 Å². The number of hydrogen-bond acceptors (Lipinski definition) is 5. The first-order valence-corrected chi connectivity index (χ1v) is 10.2. The molecule has 0 bridgehead atoms. The Balaban J connectivity index is 0.00000145. The molecule has 3 rings (SSSR count). The maximum Gasteiger partial charge on any atom is 0.320 e. The summed E-state index contributed by atoms with van der Waals surface area (Å²) in [5.41, 5.74) is 3.86. The highest BCUT2D eigenvalue weighted by Gasteiger charge is 2.19. The van der Waals surface area contributed by atoms with Crippen LogP contribution in [0.5, 0.6) is 0 Å². The van der Waals surface area contributed by atoms with E-state index in [0.29, 0.717) is 18.8 Å². The van der Waals surface area contributed by atoms with Crippen LogP contribution >= 0.6 is 0 Å². The Morgan fingerprint density at radius 3 is 2.66 bits per heavy atom. The van der Waals surface area contributed by atoms with Gasteiger partial charge in [-0.25, -0.2) is 9.78 Å². The summed E-state index contributed by atoms with van der Waals surface area (Å²) in [4.78, 5) is 20.4. The number of allylic oxidation sites excluding steroid dienone is 2. The average molecular weight is 398 g/mol. The average Bonchev–Trinajstić information content (AvgIpc) is 2.74. The van der Waals surface area contributed by atoms with Crippen molar-refractivity contribution in [3.63, 3.8) is 0 Å². The molecule has 2 aromatic heterocycles. The summed E-state index contributed by atoms with van der Waals surface area (Å²) in [5, 5.41) is 19.5. The van der Waals surface area contributed by atoms with E-state index in [1.807, 2.05) is 53.0 Å². The van der Waals surface area contributed by atoms with Crippen LogP contribution < -0.4 is 16.0 Å². The third-order valence-corrected chi connectivity index (χ3v) is 4.56. The summed E-state index contributed by atoms with van der Waals surface area (Å²) in [5.74, 6) is 0.458. The number of dihydropyridines is 1. The van der Waals surface area contributed by atoms with Crippen LogP contribution in [0.4, 0.5) is 10.6 Å². The van der Waals surface area contributed by atoms with Crippen LogP contribution in [0, 0.1) is 0 Å². The predicted octanol–water partition coefficient (Wildman–Crippen LogP) is 3.83. The lowest BCUT2D eigenvalue weighted by atomic mass is 9.94. The molecule has 2 unspecified atom stereocenters. The number of aliphatic hydroxyl groups excluding tert-OH is 1. The molecule has 7 nitrogen and oxygen atoms in total. The Bertz CT molecular complexity index is 907. The second-order valence-electron chi connectivity index (χ2n) is 6.55. The molecule has 0 fully saturated rings. The molecule has 0 saturated carbocycles. The van der Waals surface area contributed by atoms with Crippen molar-refractivity contribution in [1.82, 2.24) is 20.6 Å². The number of amides is 2. The van der Waals surface area contributed by atoms with Gasteiger partial charge in [0, 0.05) is 47.7 Å². The number of aliphatic hydroxyl groups is 1. The van der Waals surface area contributed by atoms with Gasteiger partial charge < -0.3 is 15.7 Å². The molecule has 7 heteroatoms. The fourth-order valence-corrected chi connectivity index (χ4v) is 3.05. The van der Waals surface area contributed by atoms with Crippen LogP contribution in [-0.4, -0.2) is 39.8 Å². The van der Waals surface area contributed by atoms with Crippen molar-refractivity contribution in [2.24, 2.45) is 0 Å². The summed E-state index contributed by atoms with van der Waals surface area (Å²) in [7, 11) is 0. The monoisotopic (exact) mass is 397 g/mol. The standard InChI is InChI=1S/C20H25N5O2.C2H6/c1-4-18(26)17-6-12(3)15(11-23-17)13-7-14-10-24-19(8-16(14)22-9-13)25-20(27)21-5-2;1-2/h6-11,17-18,23,26H,4-5H2,1-3H3,(H2,21,24,25,27);1-2H3. The van der Waals surface area contributed by atoms with Gasteiger partial charge in [-0.2, -0.15) is 0 Å². The van der Waals surface area contributed by atoms with E-state index in [1.165, 1.54) is 0 Å². The lowest BCUT2D eigenvalue weighted by molar-refractivity contribution is 0.146. The normalized spacial score (nSPS) is 16.6. The van der Waals surface area contributed by atoms with Crippen molar-refractivity contribution >= 4 is 28.3 Å². The number of fused-ring (bicyclic) bond motifs is 1. The maximum absolute atomic E-state index is 11.6. The molecule has 3 heterocycles. The number of carbonyl (C=O) groups excluding carboxylic acids is 1. The van der Waals surface area contributed by atoms with E-state index in [1.54, 1.807) is 18.5 Å². The Labute approximate surface area is 172 Å². The third-order valence-electron chi connectivity index (χ3n) is 4.56. The number of pyridine rings is 2. The minimum atomic E-state index is -0.410. The van der Waals surface area contributed by atoms with Gasteiger partial charge in [0.25, 0.3) is 0 Å². The second-order valence-corrected chi connectivity index (χ2v) is 6.55. The molecule has 2 aromatic rings. The van der Waals surface area contributed by atoms with Crippen LogP contribution in [0.2, 0.25) is 0 Å². The molecular formula is C22H31N5O2. The number of anilines is 1. The molecule has 0 spiro atoms. The van der Waals surface area contributed by atoms with Crippen LogP contribution in [0.1, 0.15) is 46.6 Å². The van der Waals surface area contributed by atoms with Crippen LogP contribution in [0.3, 0.4) is 0 Å². The van der Waals surface area contributed by atoms with E-state index in [2.05, 4.69) is 25.9 Å². The number of nitrogens with one attached hydrogen (secondary N) is 3. The summed E-state index contributed by atoms with van der Waals surface area (Å²) < 4.78 is 0. The third kappa shape index (κ3) is 5.54. The zero-order valence-electron chi connectivity index (χ0n) is 17.8. The van der Waals surface area contributed by atoms with Gasteiger partial charge in [0.2, 0.25) is 0 Å². The van der Waals surface area contributed by atoms with E-state index in [-0.39, 0.29) is 12.1 Å². The summed E-state index contributed by atoms with van der Waals surface area (Å²) in [6.45, 7) is 10.4. The van der Waals surface area contributed by atoms with Gasteiger partial charge in [0.1, 0.15) is 5.82 Å². The second kappa shape index (κ2) is 10.6. The van der Waals surface area contributed by atoms with Crippen LogP contribution in [0.15, 0.2) is 42.4 Å². The molecule has 156 valence electrons. The number of urea groups is 1. The van der Waals surface area contributed by atoms with Crippen molar-refractivity contribution in [1.29, 1.82) is 0 Å². The minimum absolute atomic E-state index is 0.0725. The Kier molecular flexibility index (Phi) is 8.15. The Hall–Kier alpha value is -2.93. The number of aromatic nitrogens is 2. The lowest BCUT2D eigenvalue weighted by Crippen LogP contribution is -2.37. The van der Waals surface area contributed by atoms with Crippen molar-refractivity contribution in [3.05, 3.63) is 47.9 Å². The van der Waals surface area contributed by atoms with E-state index in [4.69, 9.17) is 0 Å². The highest BCUT2D eigenvalue weighted by Crippen LogP contribution is 2.28. The first-order valence-electron chi connectivity index (χ1n) is 10.2. The van der Waals surface area contributed by atoms with Gasteiger partial charge in [-0.05, 0) is 31.9 Å². The molecular weight excluding hydrogens is 366 g/mol. The molecule has 29 heavy (non-hydrogen) atoms. The molecule has 0 radical (unpaired) electrons. The number of hydrogen-bond donors (Lipinski definition) is 4. The lowest BCUT2D eigenvalue weighted by Gasteiger charge is -2.25. The first kappa shape index (κ1) is 22.4. The van der Waals surface area contributed by atoms with E-state index < -0.39 is 6.10 Å². The SMILES string of the molecule is CC.CCNC(=O)Nc1cc2ncc(C3=CNC(C(O)CC)C=C3C)cc2cn1. The van der Waals surface area contributed by atoms with E-state index >= 15 is 0 Å². The largest absolute Gasteiger partial charge is 0.391 e. The molecule has 4 N–H and O–H groups in total. The fourth-order valence-electron chi connectivity index (χ4n) is 3.05. The van der Waals surface area contributed by atoms with Crippen LogP contribution in [-0.2, 0) is 0 Å². The smallest absolute Gasteiger partial charge is 0.320 e. The molecule has 0 saturated heterocycles. The maximum atomic E-state index is 11.6. The number of rotatable bonds is 5. The highest BCUT2D eigenvalue weighted by atomic mass is 16.3. The van der Waals surface area contributed by atoms with Crippen molar-refractivity contribution in [3.8, 4) is 0 Å². The van der Waals surface area contributed by atoms with Crippen molar-refractivity contribution < 1.29 is 9.90 Å². The van der Waals surface area contributed by atoms with E-state index in [9.17, 15) is 9.90 Å². The van der Waals surface area contributed by atoms with Gasteiger partial charge in [-0.1, -0.05) is 26.8 Å². The summed E-state index contributed by atoms with van der Waals surface area (Å²) >= 11 is 0. The van der Waals surface area contributed by atoms with Gasteiger partial charge in [-0.15, -0.1) is 0 Å². The minimum Gasteiger partial charge on any atom is -0.391 e. The van der Waals surface area contributed by atoms with Crippen molar-refractivity contribution in [2.75, 3.05) is 11.9 Å². The summed E-state index contributed by atoms with van der Waals surface area (Å²) in [6.07, 6.45) is 7.77. The Morgan fingerprint density at radius 1 is 1.24 bits per heavy atom. The predicted molar refractivity (Wildman–Crippen MR) is 119 cm³/mol. The quantitative estimate of drug-likeness (QED) is 0.615. The fraction of sp³-hybridized carbons (Fsp3) is 0.409. The molecule has 1 aliphatic heterocycles. The Morgan fingerprint density at radius 2 is 2.00 bits per heavy atom. The zero-order chi connectivity index (χ0) is 21.4. The van der Waals surface area contributed by atoms with Gasteiger partial charge >= 0.3 is 6.03 Å². The van der Waals surface area contributed by atoms with E-state index in [0.717, 1.165) is 27.6 Å². The zero-order valence-corrected chi connectivity index (χ0v) is 17.8. The summed E-state index contributed by atoms with van der Waals surface area (Å²) in [6, 6.07) is 3.41. The molecule has 0 aromatic carbocycles. The number of nitrogens with zero attached hydrogens (tertiary/aromatic N) is 2. The van der Waals surface area contributed by atoms with Gasteiger partial charge in [-0.3, -0.25) is 10.3 Å². The number of carbonyl (C=O) groups is 1. The van der Waals surface area contributed by atoms with Gasteiger partial charge in [0.15, 0.2) is 0 Å². The van der Waals surface area contributed by atoms with Crippen LogP contribution in [0.25, 0.3) is 16.5 Å². The topological polar surface area (TPSA) is 99.2 Å². The molecule has 2 atom stereocenters. The molecule has 2 amide bonds. The molecule has 0 aliphatic carbocycles. The van der Waals surface area contributed by atoms with Gasteiger partial charge in [0.05, 0.1) is 17.7 Å². The molecule has 1 aliphatic rings. The highest BCUT2D eigenvalue weighted by molar-refractivity contribution is 5.92. The first-order chi connectivity index (χ1) is 14.0.